The van der Waals surface area contributed by atoms with Crippen molar-refractivity contribution in [2.75, 3.05) is 18.0 Å². The Labute approximate surface area is 126 Å². The van der Waals surface area contributed by atoms with Crippen LogP contribution in [-0.2, 0) is 0 Å². The summed E-state index contributed by atoms with van der Waals surface area (Å²) in [7, 11) is 0. The molecule has 0 aromatic carbocycles. The first-order valence-electron chi connectivity index (χ1n) is 7.98. The molecule has 1 aliphatic carbocycles. The molecule has 1 saturated heterocycles. The zero-order valence-electron chi connectivity index (χ0n) is 12.9. The molecule has 1 aliphatic heterocycles. The number of aromatic nitrogens is 1. The third-order valence-electron chi connectivity index (χ3n) is 5.40. The summed E-state index contributed by atoms with van der Waals surface area (Å²) in [6.45, 7) is 5.46. The highest BCUT2D eigenvalue weighted by Gasteiger charge is 2.47. The fourth-order valence-corrected chi connectivity index (χ4v) is 4.06. The second-order valence-corrected chi connectivity index (χ2v) is 6.58. The number of nitrogens with zero attached hydrogens (tertiary/aromatic N) is 2. The SMILES string of the molecule is CC[C@@]1(O)CCC[C@@H]2CN(c3cc(C(C)=O)ccn3)C[C@@H]21. The van der Waals surface area contributed by atoms with Gasteiger partial charge in [0.15, 0.2) is 5.78 Å². The summed E-state index contributed by atoms with van der Waals surface area (Å²) < 4.78 is 0. The molecule has 2 heterocycles. The van der Waals surface area contributed by atoms with Crippen molar-refractivity contribution in [2.24, 2.45) is 11.8 Å². The summed E-state index contributed by atoms with van der Waals surface area (Å²) in [6.07, 6.45) is 5.75. The maximum atomic E-state index is 11.5. The van der Waals surface area contributed by atoms with E-state index in [1.54, 1.807) is 19.2 Å². The highest BCUT2D eigenvalue weighted by Crippen LogP contribution is 2.45. The lowest BCUT2D eigenvalue weighted by molar-refractivity contribution is -0.0597. The molecule has 0 radical (unpaired) electrons. The number of carbonyl (C=O) groups is 1. The Morgan fingerprint density at radius 3 is 3.05 bits per heavy atom. The zero-order valence-corrected chi connectivity index (χ0v) is 12.9. The average Bonchev–Trinajstić information content (AvgIpc) is 2.93. The Morgan fingerprint density at radius 2 is 2.33 bits per heavy atom. The van der Waals surface area contributed by atoms with Crippen LogP contribution in [0.4, 0.5) is 5.82 Å². The van der Waals surface area contributed by atoms with Gasteiger partial charge in [-0.2, -0.15) is 0 Å². The maximum Gasteiger partial charge on any atom is 0.159 e. The Kier molecular flexibility index (Phi) is 3.74. The van der Waals surface area contributed by atoms with Gasteiger partial charge in [0, 0.05) is 30.8 Å². The largest absolute Gasteiger partial charge is 0.390 e. The van der Waals surface area contributed by atoms with E-state index in [0.29, 0.717) is 17.4 Å². The molecule has 0 amide bonds. The van der Waals surface area contributed by atoms with Gasteiger partial charge in [-0.15, -0.1) is 0 Å². The predicted octanol–water partition coefficient (Wildman–Crippen LogP) is 2.66. The molecule has 21 heavy (non-hydrogen) atoms. The van der Waals surface area contributed by atoms with Gasteiger partial charge in [0.05, 0.1) is 5.60 Å². The number of rotatable bonds is 3. The number of carbonyl (C=O) groups excluding carboxylic acids is 1. The second-order valence-electron chi connectivity index (χ2n) is 6.58. The topological polar surface area (TPSA) is 53.4 Å². The van der Waals surface area contributed by atoms with Crippen LogP contribution in [0.1, 0.15) is 49.9 Å². The van der Waals surface area contributed by atoms with E-state index in [-0.39, 0.29) is 5.78 Å². The van der Waals surface area contributed by atoms with E-state index >= 15 is 0 Å². The molecular formula is C17H24N2O2. The minimum Gasteiger partial charge on any atom is -0.390 e. The molecule has 1 aromatic heterocycles. The van der Waals surface area contributed by atoms with E-state index in [9.17, 15) is 9.90 Å². The van der Waals surface area contributed by atoms with Crippen LogP contribution in [0.25, 0.3) is 0 Å². The molecule has 0 unspecified atom stereocenters. The lowest BCUT2D eigenvalue weighted by atomic mass is 9.69. The first-order chi connectivity index (χ1) is 10.0. The first-order valence-corrected chi connectivity index (χ1v) is 7.98. The number of pyridine rings is 1. The third kappa shape index (κ3) is 2.57. The van der Waals surface area contributed by atoms with E-state index in [1.165, 1.54) is 6.42 Å². The summed E-state index contributed by atoms with van der Waals surface area (Å²) in [5, 5.41) is 10.9. The van der Waals surface area contributed by atoms with Crippen LogP contribution in [0, 0.1) is 11.8 Å². The fraction of sp³-hybridized carbons (Fsp3) is 0.647. The number of ketones is 1. The van der Waals surface area contributed by atoms with Crippen molar-refractivity contribution in [3.05, 3.63) is 23.9 Å². The van der Waals surface area contributed by atoms with E-state index in [1.807, 2.05) is 6.07 Å². The van der Waals surface area contributed by atoms with E-state index in [2.05, 4.69) is 16.8 Å². The fourth-order valence-electron chi connectivity index (χ4n) is 4.06. The molecule has 2 aliphatic rings. The molecule has 3 rings (SSSR count). The van der Waals surface area contributed by atoms with Crippen LogP contribution in [0.15, 0.2) is 18.3 Å². The van der Waals surface area contributed by atoms with Gasteiger partial charge < -0.3 is 10.0 Å². The quantitative estimate of drug-likeness (QED) is 0.869. The Morgan fingerprint density at radius 1 is 1.52 bits per heavy atom. The van der Waals surface area contributed by atoms with Gasteiger partial charge in [0.1, 0.15) is 5.82 Å². The summed E-state index contributed by atoms with van der Waals surface area (Å²) in [6, 6.07) is 3.64. The summed E-state index contributed by atoms with van der Waals surface area (Å²) in [4.78, 5) is 18.2. The molecule has 4 nitrogen and oxygen atoms in total. The van der Waals surface area contributed by atoms with Gasteiger partial charge in [-0.05, 0) is 44.2 Å². The van der Waals surface area contributed by atoms with Crippen LogP contribution in [0.3, 0.4) is 0 Å². The maximum absolute atomic E-state index is 11.5. The molecule has 2 fully saturated rings. The number of Topliss-reactive ketones (excluding diaryl/α,β-unsaturated/α-hetero) is 1. The molecular weight excluding hydrogens is 264 g/mol. The zero-order chi connectivity index (χ0) is 15.0. The van der Waals surface area contributed by atoms with Crippen molar-refractivity contribution in [1.29, 1.82) is 0 Å². The Hall–Kier alpha value is -1.42. The van der Waals surface area contributed by atoms with Crippen molar-refractivity contribution in [3.8, 4) is 0 Å². The van der Waals surface area contributed by atoms with E-state index < -0.39 is 5.60 Å². The van der Waals surface area contributed by atoms with Crippen LogP contribution >= 0.6 is 0 Å². The third-order valence-corrected chi connectivity index (χ3v) is 5.40. The summed E-state index contributed by atoms with van der Waals surface area (Å²) >= 11 is 0. The van der Waals surface area contributed by atoms with Crippen molar-refractivity contribution >= 4 is 11.6 Å². The molecule has 1 aromatic rings. The molecule has 0 spiro atoms. The standard InChI is InChI=1S/C17H24N2O2/c1-3-17(21)7-4-5-14-10-19(11-15(14)17)16-9-13(12(2)20)6-8-18-16/h6,8-9,14-15,21H,3-5,7,10-11H2,1-2H3/t14-,15+,17-/m1/s1. The van der Waals surface area contributed by atoms with Crippen molar-refractivity contribution in [1.82, 2.24) is 4.98 Å². The number of anilines is 1. The normalized spacial score (nSPS) is 32.0. The Balaban J connectivity index is 1.83. The van der Waals surface area contributed by atoms with Crippen LogP contribution in [0.5, 0.6) is 0 Å². The first kappa shape index (κ1) is 14.5. The van der Waals surface area contributed by atoms with E-state index in [4.69, 9.17) is 0 Å². The predicted molar refractivity (Wildman–Crippen MR) is 82.5 cm³/mol. The minimum absolute atomic E-state index is 0.0697. The number of aliphatic hydroxyl groups is 1. The monoisotopic (exact) mass is 288 g/mol. The van der Waals surface area contributed by atoms with Crippen LogP contribution < -0.4 is 4.90 Å². The van der Waals surface area contributed by atoms with Gasteiger partial charge in [0.2, 0.25) is 0 Å². The smallest absolute Gasteiger partial charge is 0.159 e. The summed E-state index contributed by atoms with van der Waals surface area (Å²) in [5.41, 5.74) is 0.191. The molecule has 1 saturated carbocycles. The summed E-state index contributed by atoms with van der Waals surface area (Å²) in [5.74, 6) is 1.82. The minimum atomic E-state index is -0.518. The van der Waals surface area contributed by atoms with Gasteiger partial charge in [-0.25, -0.2) is 4.98 Å². The Bertz CT molecular complexity index is 545. The molecule has 3 atom stereocenters. The lowest BCUT2D eigenvalue weighted by Gasteiger charge is -2.40. The lowest BCUT2D eigenvalue weighted by Crippen LogP contribution is -2.44. The van der Waals surface area contributed by atoms with Gasteiger partial charge in [-0.3, -0.25) is 4.79 Å². The van der Waals surface area contributed by atoms with Crippen LogP contribution in [-0.4, -0.2) is 34.6 Å². The van der Waals surface area contributed by atoms with Gasteiger partial charge in [-0.1, -0.05) is 13.3 Å². The van der Waals surface area contributed by atoms with Gasteiger partial charge in [0.25, 0.3) is 0 Å². The number of hydrogen-bond donors (Lipinski definition) is 1. The highest BCUT2D eigenvalue weighted by atomic mass is 16.3. The van der Waals surface area contributed by atoms with Crippen molar-refractivity contribution in [3.63, 3.8) is 0 Å². The highest BCUT2D eigenvalue weighted by molar-refractivity contribution is 5.94. The second kappa shape index (κ2) is 5.41. The van der Waals surface area contributed by atoms with Crippen LogP contribution in [0.2, 0.25) is 0 Å². The number of fused-ring (bicyclic) bond motifs is 1. The van der Waals surface area contributed by atoms with Gasteiger partial charge >= 0.3 is 0 Å². The van der Waals surface area contributed by atoms with Crippen molar-refractivity contribution < 1.29 is 9.90 Å². The van der Waals surface area contributed by atoms with E-state index in [0.717, 1.165) is 38.2 Å². The number of hydrogen-bond acceptors (Lipinski definition) is 4. The molecule has 1 N–H and O–H groups in total. The molecule has 114 valence electrons. The van der Waals surface area contributed by atoms with Crippen molar-refractivity contribution in [2.45, 2.75) is 45.1 Å². The molecule has 0 bridgehead atoms. The molecule has 4 heteroatoms. The average molecular weight is 288 g/mol.